The van der Waals surface area contributed by atoms with Gasteiger partial charge in [0.05, 0.1) is 11.1 Å². The van der Waals surface area contributed by atoms with Crippen molar-refractivity contribution in [2.24, 2.45) is 7.05 Å². The third-order valence-electron chi connectivity index (χ3n) is 4.72. The maximum Gasteiger partial charge on any atom is 0.216 e. The van der Waals surface area contributed by atoms with Gasteiger partial charge in [-0.15, -0.1) is 0 Å². The van der Waals surface area contributed by atoms with Gasteiger partial charge in [-0.05, 0) is 22.8 Å². The molecule has 4 rings (SSSR count). The molecule has 0 unspecified atom stereocenters. The smallest absolute Gasteiger partial charge is 0.216 e. The molecular weight excluding hydrogens is 386 g/mol. The highest BCUT2D eigenvalue weighted by atomic mass is 32.2. The van der Waals surface area contributed by atoms with Crippen molar-refractivity contribution >= 4 is 26.9 Å². The second kappa shape index (κ2) is 7.65. The van der Waals surface area contributed by atoms with E-state index in [4.69, 9.17) is 5.73 Å². The summed E-state index contributed by atoms with van der Waals surface area (Å²) >= 11 is 0. The molecule has 0 amide bonds. The zero-order valence-electron chi connectivity index (χ0n) is 15.9. The van der Waals surface area contributed by atoms with E-state index in [-0.39, 0.29) is 12.3 Å². The van der Waals surface area contributed by atoms with Gasteiger partial charge in [0.15, 0.2) is 0 Å². The van der Waals surface area contributed by atoms with Crippen molar-refractivity contribution < 1.29 is 8.42 Å². The summed E-state index contributed by atoms with van der Waals surface area (Å²) in [7, 11) is -1.54. The molecule has 0 spiro atoms. The fourth-order valence-corrected chi connectivity index (χ4v) is 4.46. The lowest BCUT2D eigenvalue weighted by molar-refractivity contribution is 0.580. The van der Waals surface area contributed by atoms with E-state index in [1.807, 2.05) is 60.3 Å². The lowest BCUT2D eigenvalue weighted by Gasteiger charge is -2.09. The maximum absolute atomic E-state index is 12.4. The Hall–Kier alpha value is -3.23. The van der Waals surface area contributed by atoms with Crippen molar-refractivity contribution in [1.29, 1.82) is 0 Å². The summed E-state index contributed by atoms with van der Waals surface area (Å²) in [5.41, 5.74) is 10.3. The zero-order chi connectivity index (χ0) is 20.4. The number of anilines is 1. The Morgan fingerprint density at radius 1 is 1.03 bits per heavy atom. The van der Waals surface area contributed by atoms with Gasteiger partial charge >= 0.3 is 0 Å². The number of sulfonamides is 1. The van der Waals surface area contributed by atoms with Crippen molar-refractivity contribution in [2.45, 2.75) is 12.3 Å². The molecule has 0 bridgehead atoms. The van der Waals surface area contributed by atoms with Crippen LogP contribution in [0.25, 0.3) is 22.2 Å². The van der Waals surface area contributed by atoms with Crippen LogP contribution in [0, 0.1) is 0 Å². The molecule has 2 heterocycles. The Labute approximate surface area is 169 Å². The molecule has 0 saturated carbocycles. The molecule has 2 aromatic carbocycles. The topological polar surface area (TPSA) is 103 Å². The zero-order valence-corrected chi connectivity index (χ0v) is 16.7. The molecular formula is C21H21N5O2S. The van der Waals surface area contributed by atoms with Gasteiger partial charge < -0.3 is 10.3 Å². The van der Waals surface area contributed by atoms with Crippen molar-refractivity contribution in [2.75, 3.05) is 5.73 Å². The van der Waals surface area contributed by atoms with E-state index >= 15 is 0 Å². The van der Waals surface area contributed by atoms with Crippen LogP contribution < -0.4 is 10.5 Å². The lowest BCUT2D eigenvalue weighted by Crippen LogP contribution is -2.24. The first-order valence-electron chi connectivity index (χ1n) is 9.09. The van der Waals surface area contributed by atoms with E-state index in [0.29, 0.717) is 5.82 Å². The fourth-order valence-electron chi connectivity index (χ4n) is 3.34. The SMILES string of the molecule is Cn1cc(-c2cccc(CNS(=O)(=O)Cc3ccccc3)c2)c2c(N)ncnc21. The van der Waals surface area contributed by atoms with E-state index in [0.717, 1.165) is 33.3 Å². The van der Waals surface area contributed by atoms with Gasteiger partial charge in [0, 0.05) is 25.4 Å². The predicted octanol–water partition coefficient (Wildman–Crippen LogP) is 2.84. The second-order valence-electron chi connectivity index (χ2n) is 6.88. The number of nitrogens with one attached hydrogen (secondary N) is 1. The summed E-state index contributed by atoms with van der Waals surface area (Å²) in [5, 5.41) is 0.789. The average molecular weight is 407 g/mol. The van der Waals surface area contributed by atoms with Gasteiger partial charge in [-0.1, -0.05) is 48.5 Å². The predicted molar refractivity (Wildman–Crippen MR) is 114 cm³/mol. The molecule has 3 N–H and O–H groups in total. The molecule has 2 aromatic heterocycles. The third-order valence-corrected chi connectivity index (χ3v) is 6.01. The van der Waals surface area contributed by atoms with Crippen LogP contribution in [-0.4, -0.2) is 23.0 Å². The number of nitrogens with zero attached hydrogens (tertiary/aromatic N) is 3. The Morgan fingerprint density at radius 2 is 1.79 bits per heavy atom. The number of rotatable bonds is 6. The first-order chi connectivity index (χ1) is 13.9. The first kappa shape index (κ1) is 19.1. The molecule has 4 aromatic rings. The standard InChI is InChI=1S/C21H21N5O2S/c1-26-12-18(19-20(22)23-14-24-21(19)26)17-9-5-8-16(10-17)11-25-29(27,28)13-15-6-3-2-4-7-15/h2-10,12,14,25H,11,13H2,1H3,(H2,22,23,24). The summed E-state index contributed by atoms with van der Waals surface area (Å²) in [5.74, 6) is 0.365. The van der Waals surface area contributed by atoms with Crippen LogP contribution >= 0.6 is 0 Å². The number of nitrogen functional groups attached to an aromatic ring is 1. The van der Waals surface area contributed by atoms with Gasteiger partial charge in [0.2, 0.25) is 10.0 Å². The minimum absolute atomic E-state index is 0.0509. The monoisotopic (exact) mass is 407 g/mol. The molecule has 0 aliphatic heterocycles. The van der Waals surface area contributed by atoms with Crippen LogP contribution in [0.3, 0.4) is 0 Å². The number of aryl methyl sites for hydroxylation is 1. The number of nitrogens with two attached hydrogens (primary N) is 1. The Morgan fingerprint density at radius 3 is 2.59 bits per heavy atom. The number of benzene rings is 2. The van der Waals surface area contributed by atoms with Crippen molar-refractivity contribution in [3.05, 3.63) is 78.2 Å². The van der Waals surface area contributed by atoms with Crippen LogP contribution in [0.5, 0.6) is 0 Å². The van der Waals surface area contributed by atoms with Gasteiger partial charge in [-0.25, -0.2) is 23.1 Å². The third kappa shape index (κ3) is 4.13. The largest absolute Gasteiger partial charge is 0.383 e. The highest BCUT2D eigenvalue weighted by molar-refractivity contribution is 7.88. The van der Waals surface area contributed by atoms with Gasteiger partial charge in [-0.3, -0.25) is 0 Å². The number of aromatic nitrogens is 3. The molecule has 0 saturated heterocycles. The molecule has 0 aliphatic carbocycles. The molecule has 0 aliphatic rings. The van der Waals surface area contributed by atoms with Crippen molar-refractivity contribution in [3.8, 4) is 11.1 Å². The number of hydrogen-bond acceptors (Lipinski definition) is 5. The summed E-state index contributed by atoms with van der Waals surface area (Å²) in [6.45, 7) is 0.208. The Balaban J connectivity index is 1.57. The van der Waals surface area contributed by atoms with E-state index in [1.54, 1.807) is 12.1 Å². The van der Waals surface area contributed by atoms with Crippen LogP contribution in [0.15, 0.2) is 67.1 Å². The molecule has 0 radical (unpaired) electrons. The highest BCUT2D eigenvalue weighted by Gasteiger charge is 2.15. The molecule has 7 nitrogen and oxygen atoms in total. The van der Waals surface area contributed by atoms with Crippen LogP contribution in [0.1, 0.15) is 11.1 Å². The summed E-state index contributed by atoms with van der Waals surface area (Å²) in [6.07, 6.45) is 3.40. The first-order valence-corrected chi connectivity index (χ1v) is 10.7. The number of fused-ring (bicyclic) bond motifs is 1. The molecule has 0 fully saturated rings. The van der Waals surface area contributed by atoms with Gasteiger partial charge in [0.1, 0.15) is 17.8 Å². The average Bonchev–Trinajstić information content (AvgIpc) is 3.05. The molecule has 29 heavy (non-hydrogen) atoms. The second-order valence-corrected chi connectivity index (χ2v) is 8.68. The maximum atomic E-state index is 12.4. The van der Waals surface area contributed by atoms with Gasteiger partial charge in [-0.2, -0.15) is 0 Å². The van der Waals surface area contributed by atoms with E-state index < -0.39 is 10.0 Å². The van der Waals surface area contributed by atoms with Crippen molar-refractivity contribution in [1.82, 2.24) is 19.3 Å². The Kier molecular flexibility index (Phi) is 5.04. The minimum atomic E-state index is -3.44. The van der Waals surface area contributed by atoms with Crippen molar-refractivity contribution in [3.63, 3.8) is 0 Å². The quantitative estimate of drug-likeness (QED) is 0.512. The normalized spacial score (nSPS) is 11.8. The van der Waals surface area contributed by atoms with Crippen LogP contribution in [0.4, 0.5) is 5.82 Å². The highest BCUT2D eigenvalue weighted by Crippen LogP contribution is 2.32. The molecule has 0 atom stereocenters. The summed E-state index contributed by atoms with van der Waals surface area (Å²) in [4.78, 5) is 8.40. The van der Waals surface area contributed by atoms with Crippen LogP contribution in [0.2, 0.25) is 0 Å². The summed E-state index contributed by atoms with van der Waals surface area (Å²) in [6, 6.07) is 16.8. The van der Waals surface area contributed by atoms with Gasteiger partial charge in [0.25, 0.3) is 0 Å². The fraction of sp³-hybridized carbons (Fsp3) is 0.143. The summed E-state index contributed by atoms with van der Waals surface area (Å²) < 4.78 is 29.4. The minimum Gasteiger partial charge on any atom is -0.383 e. The van der Waals surface area contributed by atoms with E-state index in [1.165, 1.54) is 6.33 Å². The molecule has 8 heteroatoms. The number of hydrogen-bond donors (Lipinski definition) is 2. The lowest BCUT2D eigenvalue weighted by atomic mass is 10.0. The van der Waals surface area contributed by atoms with E-state index in [2.05, 4.69) is 14.7 Å². The van der Waals surface area contributed by atoms with Crippen LogP contribution in [-0.2, 0) is 29.4 Å². The molecule has 148 valence electrons. The Bertz CT molecular complexity index is 1270. The van der Waals surface area contributed by atoms with E-state index in [9.17, 15) is 8.42 Å².